The molecule has 2 aromatic rings. The van der Waals surface area contributed by atoms with E-state index in [-0.39, 0.29) is 12.1 Å². The largest absolute Gasteiger partial charge is 0.374 e. The predicted octanol–water partition coefficient (Wildman–Crippen LogP) is 1.42. The van der Waals surface area contributed by atoms with Crippen molar-refractivity contribution in [3.05, 3.63) is 48.3 Å². The van der Waals surface area contributed by atoms with Crippen LogP contribution in [0.4, 0.5) is 0 Å². The quantitative estimate of drug-likeness (QED) is 0.923. The number of rotatable bonds is 4. The van der Waals surface area contributed by atoms with Gasteiger partial charge < -0.3 is 10.5 Å². The number of ether oxygens (including phenoxy) is 1. The van der Waals surface area contributed by atoms with Gasteiger partial charge in [-0.1, -0.05) is 12.1 Å². The van der Waals surface area contributed by atoms with E-state index in [1.54, 1.807) is 6.20 Å². The highest BCUT2D eigenvalue weighted by atomic mass is 16.5. The summed E-state index contributed by atoms with van der Waals surface area (Å²) in [6, 6.07) is 10.5. The molecule has 1 aromatic carbocycles. The second kappa shape index (κ2) is 6.39. The Morgan fingerprint density at radius 2 is 2.19 bits per heavy atom. The predicted molar refractivity (Wildman–Crippen MR) is 82.2 cm³/mol. The lowest BCUT2D eigenvalue weighted by molar-refractivity contribution is -0.0403. The standard InChI is InChI=1S/C16H22N4O/c1-13(17)16-12-19(9-10-21-16)11-14-3-5-15(6-4-14)20-8-2-7-18-20/h2-8,13,16H,9-12,17H2,1H3. The lowest BCUT2D eigenvalue weighted by atomic mass is 10.1. The number of nitrogens with zero attached hydrogens (tertiary/aromatic N) is 3. The maximum Gasteiger partial charge on any atom is 0.0850 e. The molecule has 1 aliphatic heterocycles. The molecule has 2 atom stereocenters. The zero-order valence-corrected chi connectivity index (χ0v) is 12.4. The van der Waals surface area contributed by atoms with E-state index in [2.05, 4.69) is 34.3 Å². The number of benzene rings is 1. The molecule has 0 saturated carbocycles. The summed E-state index contributed by atoms with van der Waals surface area (Å²) in [6.07, 6.45) is 3.88. The van der Waals surface area contributed by atoms with Crippen molar-refractivity contribution in [1.29, 1.82) is 0 Å². The highest BCUT2D eigenvalue weighted by molar-refractivity contribution is 5.33. The average molecular weight is 286 g/mol. The van der Waals surface area contributed by atoms with Gasteiger partial charge >= 0.3 is 0 Å². The summed E-state index contributed by atoms with van der Waals surface area (Å²) in [5, 5.41) is 4.24. The highest BCUT2D eigenvalue weighted by Crippen LogP contribution is 2.14. The molecule has 2 heterocycles. The first-order chi connectivity index (χ1) is 10.2. The number of aromatic nitrogens is 2. The fourth-order valence-electron chi connectivity index (χ4n) is 2.63. The highest BCUT2D eigenvalue weighted by Gasteiger charge is 2.23. The van der Waals surface area contributed by atoms with Crippen LogP contribution in [0.25, 0.3) is 5.69 Å². The van der Waals surface area contributed by atoms with Gasteiger partial charge in [0.2, 0.25) is 0 Å². The Hall–Kier alpha value is -1.69. The zero-order chi connectivity index (χ0) is 14.7. The molecule has 0 bridgehead atoms. The van der Waals surface area contributed by atoms with Crippen LogP contribution in [0.3, 0.4) is 0 Å². The molecule has 1 saturated heterocycles. The van der Waals surface area contributed by atoms with Crippen LogP contribution in [0.15, 0.2) is 42.7 Å². The van der Waals surface area contributed by atoms with Gasteiger partial charge in [-0.15, -0.1) is 0 Å². The summed E-state index contributed by atoms with van der Waals surface area (Å²) >= 11 is 0. The van der Waals surface area contributed by atoms with E-state index in [0.717, 1.165) is 31.9 Å². The molecule has 112 valence electrons. The molecule has 0 spiro atoms. The second-order valence-corrected chi connectivity index (χ2v) is 5.62. The van der Waals surface area contributed by atoms with Gasteiger partial charge in [0, 0.05) is 38.1 Å². The van der Waals surface area contributed by atoms with Crippen molar-refractivity contribution < 1.29 is 4.74 Å². The SMILES string of the molecule is CC(N)C1CN(Cc2ccc(-n3cccn3)cc2)CCO1. The van der Waals surface area contributed by atoms with Gasteiger partial charge in [-0.05, 0) is 30.7 Å². The molecule has 21 heavy (non-hydrogen) atoms. The summed E-state index contributed by atoms with van der Waals surface area (Å²) in [5.41, 5.74) is 8.32. The van der Waals surface area contributed by atoms with E-state index >= 15 is 0 Å². The first kappa shape index (κ1) is 14.3. The molecule has 1 aliphatic rings. The van der Waals surface area contributed by atoms with Crippen molar-refractivity contribution in [2.75, 3.05) is 19.7 Å². The van der Waals surface area contributed by atoms with Crippen LogP contribution >= 0.6 is 0 Å². The molecule has 1 aromatic heterocycles. The Bertz CT molecular complexity index is 550. The molecule has 0 amide bonds. The summed E-state index contributed by atoms with van der Waals surface area (Å²) < 4.78 is 7.56. The maximum absolute atomic E-state index is 5.94. The van der Waals surface area contributed by atoms with Gasteiger partial charge in [0.05, 0.1) is 18.4 Å². The van der Waals surface area contributed by atoms with Gasteiger partial charge in [-0.3, -0.25) is 4.90 Å². The Balaban J connectivity index is 1.62. The van der Waals surface area contributed by atoms with E-state index in [0.29, 0.717) is 0 Å². The molecular weight excluding hydrogens is 264 g/mol. The van der Waals surface area contributed by atoms with Gasteiger partial charge in [-0.2, -0.15) is 5.10 Å². The van der Waals surface area contributed by atoms with Crippen LogP contribution in [0, 0.1) is 0 Å². The van der Waals surface area contributed by atoms with Crippen molar-refractivity contribution in [3.8, 4) is 5.69 Å². The first-order valence-electron chi connectivity index (χ1n) is 7.41. The van der Waals surface area contributed by atoms with E-state index in [4.69, 9.17) is 10.5 Å². The van der Waals surface area contributed by atoms with E-state index in [9.17, 15) is 0 Å². The van der Waals surface area contributed by atoms with E-state index in [1.165, 1.54) is 5.56 Å². The van der Waals surface area contributed by atoms with Crippen LogP contribution in [-0.4, -0.2) is 46.5 Å². The van der Waals surface area contributed by atoms with Crippen LogP contribution in [0.5, 0.6) is 0 Å². The van der Waals surface area contributed by atoms with Crippen LogP contribution in [0.2, 0.25) is 0 Å². The normalized spacial score (nSPS) is 21.3. The summed E-state index contributed by atoms with van der Waals surface area (Å²) in [4.78, 5) is 2.40. The van der Waals surface area contributed by atoms with Crippen molar-refractivity contribution in [3.63, 3.8) is 0 Å². The minimum absolute atomic E-state index is 0.0787. The zero-order valence-electron chi connectivity index (χ0n) is 12.4. The minimum atomic E-state index is 0.0787. The number of hydrogen-bond donors (Lipinski definition) is 1. The van der Waals surface area contributed by atoms with Crippen molar-refractivity contribution in [2.45, 2.75) is 25.6 Å². The fourth-order valence-corrected chi connectivity index (χ4v) is 2.63. The van der Waals surface area contributed by atoms with E-state index in [1.807, 2.05) is 23.9 Å². The molecule has 0 radical (unpaired) electrons. The Morgan fingerprint density at radius 3 is 2.86 bits per heavy atom. The molecule has 2 unspecified atom stereocenters. The smallest absolute Gasteiger partial charge is 0.0850 e. The molecule has 5 nitrogen and oxygen atoms in total. The van der Waals surface area contributed by atoms with Crippen molar-refractivity contribution >= 4 is 0 Å². The molecule has 3 rings (SSSR count). The van der Waals surface area contributed by atoms with Gasteiger partial charge in [0.1, 0.15) is 0 Å². The summed E-state index contributed by atoms with van der Waals surface area (Å²) in [7, 11) is 0. The lowest BCUT2D eigenvalue weighted by Crippen LogP contribution is -2.49. The maximum atomic E-state index is 5.94. The van der Waals surface area contributed by atoms with Gasteiger partial charge in [0.15, 0.2) is 0 Å². The number of hydrogen-bond acceptors (Lipinski definition) is 4. The Labute approximate surface area is 125 Å². The van der Waals surface area contributed by atoms with E-state index < -0.39 is 0 Å². The van der Waals surface area contributed by atoms with Crippen molar-refractivity contribution in [2.24, 2.45) is 5.73 Å². The molecule has 5 heteroatoms. The third kappa shape index (κ3) is 3.50. The Morgan fingerprint density at radius 1 is 1.38 bits per heavy atom. The van der Waals surface area contributed by atoms with Crippen LogP contribution in [0.1, 0.15) is 12.5 Å². The monoisotopic (exact) mass is 286 g/mol. The minimum Gasteiger partial charge on any atom is -0.374 e. The summed E-state index contributed by atoms with van der Waals surface area (Å²) in [5.74, 6) is 0. The van der Waals surface area contributed by atoms with Crippen molar-refractivity contribution in [1.82, 2.24) is 14.7 Å². The van der Waals surface area contributed by atoms with Gasteiger partial charge in [-0.25, -0.2) is 4.68 Å². The first-order valence-corrected chi connectivity index (χ1v) is 7.41. The average Bonchev–Trinajstić information content (AvgIpc) is 3.02. The molecule has 0 aliphatic carbocycles. The van der Waals surface area contributed by atoms with Crippen LogP contribution in [-0.2, 0) is 11.3 Å². The van der Waals surface area contributed by atoms with Gasteiger partial charge in [0.25, 0.3) is 0 Å². The number of nitrogens with two attached hydrogens (primary N) is 1. The Kier molecular flexibility index (Phi) is 4.34. The third-order valence-corrected chi connectivity index (χ3v) is 3.88. The molecular formula is C16H22N4O. The molecule has 1 fully saturated rings. The topological polar surface area (TPSA) is 56.3 Å². The lowest BCUT2D eigenvalue weighted by Gasteiger charge is -2.34. The van der Waals surface area contributed by atoms with Crippen LogP contribution < -0.4 is 5.73 Å². The number of morpholine rings is 1. The second-order valence-electron chi connectivity index (χ2n) is 5.62. The third-order valence-electron chi connectivity index (χ3n) is 3.88. The summed E-state index contributed by atoms with van der Waals surface area (Å²) in [6.45, 7) is 5.57. The molecule has 2 N–H and O–H groups in total. The fraction of sp³-hybridized carbons (Fsp3) is 0.438.